The minimum absolute atomic E-state index is 0.113. The molecular weight excluding hydrogens is 252 g/mol. The Morgan fingerprint density at radius 3 is 3.00 bits per heavy atom. The van der Waals surface area contributed by atoms with Crippen LogP contribution in [0.3, 0.4) is 0 Å². The van der Waals surface area contributed by atoms with E-state index >= 15 is 0 Å². The molecule has 1 fully saturated rings. The van der Waals surface area contributed by atoms with Gasteiger partial charge in [0, 0.05) is 20.1 Å². The van der Waals surface area contributed by atoms with E-state index in [2.05, 4.69) is 4.37 Å². The summed E-state index contributed by atoms with van der Waals surface area (Å²) in [6.07, 6.45) is 0.936. The van der Waals surface area contributed by atoms with Crippen molar-refractivity contribution in [1.29, 1.82) is 0 Å². The van der Waals surface area contributed by atoms with Crippen LogP contribution in [0, 0.1) is 0 Å². The SMILES string of the molecule is CCOc1c(N)nsc1N1CCCN(C)C(=O)C1. The molecule has 0 saturated carbocycles. The first-order valence-electron chi connectivity index (χ1n) is 6.00. The number of anilines is 2. The van der Waals surface area contributed by atoms with E-state index in [1.165, 1.54) is 11.5 Å². The number of likely N-dealkylation sites (N-methyl/N-ethyl adjacent to an activating group) is 1. The quantitative estimate of drug-likeness (QED) is 0.879. The zero-order chi connectivity index (χ0) is 13.1. The van der Waals surface area contributed by atoms with E-state index in [9.17, 15) is 4.79 Å². The molecule has 1 aromatic rings. The maximum absolute atomic E-state index is 11.9. The van der Waals surface area contributed by atoms with Crippen LogP contribution in [0.4, 0.5) is 10.8 Å². The van der Waals surface area contributed by atoms with Gasteiger partial charge in [-0.25, -0.2) is 0 Å². The van der Waals surface area contributed by atoms with Gasteiger partial charge in [-0.3, -0.25) is 4.79 Å². The first-order chi connectivity index (χ1) is 8.63. The predicted molar refractivity (Wildman–Crippen MR) is 72.2 cm³/mol. The highest BCUT2D eigenvalue weighted by molar-refractivity contribution is 7.11. The van der Waals surface area contributed by atoms with E-state index in [4.69, 9.17) is 10.5 Å². The average Bonchev–Trinajstić information content (AvgIpc) is 2.61. The molecular formula is C11H18N4O2S. The number of carbonyl (C=O) groups excluding carboxylic acids is 1. The Morgan fingerprint density at radius 1 is 1.50 bits per heavy atom. The van der Waals surface area contributed by atoms with Crippen LogP contribution in [0.5, 0.6) is 5.75 Å². The molecule has 100 valence electrons. The average molecular weight is 270 g/mol. The van der Waals surface area contributed by atoms with Gasteiger partial charge in [0.15, 0.2) is 16.6 Å². The summed E-state index contributed by atoms with van der Waals surface area (Å²) in [7, 11) is 1.83. The Hall–Kier alpha value is -1.50. The van der Waals surface area contributed by atoms with Crippen LogP contribution in [0.2, 0.25) is 0 Å². The third-order valence-corrected chi connectivity index (χ3v) is 3.81. The largest absolute Gasteiger partial charge is 0.487 e. The zero-order valence-corrected chi connectivity index (χ0v) is 11.5. The molecule has 18 heavy (non-hydrogen) atoms. The summed E-state index contributed by atoms with van der Waals surface area (Å²) in [4.78, 5) is 15.6. The zero-order valence-electron chi connectivity index (χ0n) is 10.7. The second-order valence-electron chi connectivity index (χ2n) is 4.23. The summed E-state index contributed by atoms with van der Waals surface area (Å²) in [5.41, 5.74) is 5.79. The topological polar surface area (TPSA) is 71.7 Å². The molecule has 0 spiro atoms. The standard InChI is InChI=1S/C11H18N4O2S/c1-3-17-9-10(12)13-18-11(9)15-6-4-5-14(2)8(16)7-15/h3-7H2,1-2H3,(H2,12,13). The highest BCUT2D eigenvalue weighted by Gasteiger charge is 2.24. The van der Waals surface area contributed by atoms with E-state index in [1.807, 2.05) is 18.9 Å². The molecule has 2 N–H and O–H groups in total. The first kappa shape index (κ1) is 12.9. The fraction of sp³-hybridized carbons (Fsp3) is 0.636. The van der Waals surface area contributed by atoms with E-state index < -0.39 is 0 Å². The fourth-order valence-electron chi connectivity index (χ4n) is 1.93. The third kappa shape index (κ3) is 2.50. The van der Waals surface area contributed by atoms with Crippen LogP contribution in [-0.4, -0.2) is 48.5 Å². The van der Waals surface area contributed by atoms with Gasteiger partial charge < -0.3 is 20.3 Å². The molecule has 1 aliphatic rings. The Bertz CT molecular complexity index is 435. The lowest BCUT2D eigenvalue weighted by atomic mass is 10.4. The molecule has 1 amide bonds. The van der Waals surface area contributed by atoms with E-state index in [-0.39, 0.29) is 5.91 Å². The number of aromatic nitrogens is 1. The third-order valence-electron chi connectivity index (χ3n) is 2.91. The predicted octanol–water partition coefficient (Wildman–Crippen LogP) is 0.792. The molecule has 0 unspecified atom stereocenters. The number of nitrogens with zero attached hydrogens (tertiary/aromatic N) is 3. The summed E-state index contributed by atoms with van der Waals surface area (Å²) in [5.74, 6) is 1.13. The second kappa shape index (κ2) is 5.43. The summed E-state index contributed by atoms with van der Waals surface area (Å²) in [5, 5.41) is 0.859. The number of rotatable bonds is 3. The lowest BCUT2D eigenvalue weighted by molar-refractivity contribution is -0.127. The van der Waals surface area contributed by atoms with Crippen LogP contribution in [0.1, 0.15) is 13.3 Å². The van der Waals surface area contributed by atoms with Gasteiger partial charge in [0.1, 0.15) is 0 Å². The molecule has 2 rings (SSSR count). The highest BCUT2D eigenvalue weighted by atomic mass is 32.1. The summed E-state index contributed by atoms with van der Waals surface area (Å²) in [6.45, 7) is 4.41. The van der Waals surface area contributed by atoms with Crippen LogP contribution in [-0.2, 0) is 4.79 Å². The first-order valence-corrected chi connectivity index (χ1v) is 6.77. The normalized spacial score (nSPS) is 16.9. The molecule has 0 aromatic carbocycles. The van der Waals surface area contributed by atoms with E-state index in [0.717, 1.165) is 24.5 Å². The van der Waals surface area contributed by atoms with Crippen molar-refractivity contribution in [2.24, 2.45) is 0 Å². The Morgan fingerprint density at radius 2 is 2.28 bits per heavy atom. The molecule has 0 radical (unpaired) electrons. The number of ether oxygens (including phenoxy) is 1. The van der Waals surface area contributed by atoms with Crippen LogP contribution >= 0.6 is 11.5 Å². The number of nitrogen functional groups attached to an aromatic ring is 1. The van der Waals surface area contributed by atoms with Crippen molar-refractivity contribution >= 4 is 28.3 Å². The summed E-state index contributed by atoms with van der Waals surface area (Å²) < 4.78 is 9.63. The summed E-state index contributed by atoms with van der Waals surface area (Å²) >= 11 is 1.29. The van der Waals surface area contributed by atoms with Crippen LogP contribution in [0.25, 0.3) is 0 Å². The maximum atomic E-state index is 11.9. The molecule has 2 heterocycles. The van der Waals surface area contributed by atoms with Crippen molar-refractivity contribution in [3.05, 3.63) is 0 Å². The van der Waals surface area contributed by atoms with Gasteiger partial charge in [-0.1, -0.05) is 0 Å². The maximum Gasteiger partial charge on any atom is 0.241 e. The molecule has 7 heteroatoms. The van der Waals surface area contributed by atoms with E-state index in [0.29, 0.717) is 24.7 Å². The molecule has 1 aromatic heterocycles. The van der Waals surface area contributed by atoms with Gasteiger partial charge in [-0.2, -0.15) is 4.37 Å². The Kier molecular flexibility index (Phi) is 3.90. The lowest BCUT2D eigenvalue weighted by Gasteiger charge is -2.20. The van der Waals surface area contributed by atoms with Gasteiger partial charge in [0.25, 0.3) is 0 Å². The van der Waals surface area contributed by atoms with Crippen molar-refractivity contribution in [3.8, 4) is 5.75 Å². The number of nitrogens with two attached hydrogens (primary N) is 1. The van der Waals surface area contributed by atoms with Gasteiger partial charge in [0.05, 0.1) is 13.2 Å². The molecule has 6 nitrogen and oxygen atoms in total. The van der Waals surface area contributed by atoms with Gasteiger partial charge >= 0.3 is 0 Å². The van der Waals surface area contributed by atoms with Gasteiger partial charge in [-0.15, -0.1) is 0 Å². The van der Waals surface area contributed by atoms with Crippen molar-refractivity contribution in [2.75, 3.05) is 43.9 Å². The van der Waals surface area contributed by atoms with Crippen LogP contribution in [0.15, 0.2) is 0 Å². The van der Waals surface area contributed by atoms with Crippen molar-refractivity contribution in [3.63, 3.8) is 0 Å². The van der Waals surface area contributed by atoms with Crippen LogP contribution < -0.4 is 15.4 Å². The van der Waals surface area contributed by atoms with Crippen molar-refractivity contribution < 1.29 is 9.53 Å². The molecule has 0 atom stereocenters. The monoisotopic (exact) mass is 270 g/mol. The molecule has 0 bridgehead atoms. The Balaban J connectivity index is 2.22. The molecule has 1 aliphatic heterocycles. The van der Waals surface area contributed by atoms with Crippen molar-refractivity contribution in [2.45, 2.75) is 13.3 Å². The Labute approximate surface area is 110 Å². The number of hydrogen-bond donors (Lipinski definition) is 1. The number of hydrogen-bond acceptors (Lipinski definition) is 6. The van der Waals surface area contributed by atoms with Gasteiger partial charge in [-0.05, 0) is 24.9 Å². The highest BCUT2D eigenvalue weighted by Crippen LogP contribution is 2.38. The number of amides is 1. The van der Waals surface area contributed by atoms with Gasteiger partial charge in [0.2, 0.25) is 5.91 Å². The second-order valence-corrected chi connectivity index (χ2v) is 4.98. The molecule has 1 saturated heterocycles. The smallest absolute Gasteiger partial charge is 0.241 e. The van der Waals surface area contributed by atoms with Crippen molar-refractivity contribution in [1.82, 2.24) is 9.27 Å². The summed E-state index contributed by atoms with van der Waals surface area (Å²) in [6, 6.07) is 0. The minimum atomic E-state index is 0.113. The fourth-order valence-corrected chi connectivity index (χ4v) is 2.71. The minimum Gasteiger partial charge on any atom is -0.487 e. The lowest BCUT2D eigenvalue weighted by Crippen LogP contribution is -2.34. The number of carbonyl (C=O) groups is 1. The molecule has 0 aliphatic carbocycles. The van der Waals surface area contributed by atoms with E-state index in [1.54, 1.807) is 4.90 Å².